The number of halogens is 6. The van der Waals surface area contributed by atoms with E-state index in [1.807, 2.05) is 0 Å². The molecule has 2 aromatic carbocycles. The maximum Gasteiger partial charge on any atom is 0.573 e. The van der Waals surface area contributed by atoms with Crippen molar-refractivity contribution >= 4 is 11.0 Å². The molecule has 0 aliphatic carbocycles. The number of aryl methyl sites for hydroxylation is 1. The number of hydrogen-bond donors (Lipinski definition) is 0. The number of hydrogen-bond acceptors (Lipinski definition) is 3. The minimum Gasteiger partial charge on any atom is -0.497 e. The van der Waals surface area contributed by atoms with Gasteiger partial charge in [-0.3, -0.25) is 4.57 Å². The van der Waals surface area contributed by atoms with Crippen LogP contribution in [0.3, 0.4) is 0 Å². The number of ether oxygens (including phenoxy) is 2. The van der Waals surface area contributed by atoms with Gasteiger partial charge in [-0.15, -0.1) is 13.2 Å². The topological polar surface area (TPSA) is 36.3 Å². The molecule has 27 heavy (non-hydrogen) atoms. The molecule has 144 valence electrons. The van der Waals surface area contributed by atoms with Crippen LogP contribution < -0.4 is 9.47 Å². The SMILES string of the molecule is COc1ccc(-n2c(C(F)(F)F)nc3cc(OC(F)(F)F)ccc32)c(C)c1. The zero-order valence-corrected chi connectivity index (χ0v) is 13.9. The minimum atomic E-state index is -4.96. The number of aromatic nitrogens is 2. The Labute approximate surface area is 148 Å². The largest absolute Gasteiger partial charge is 0.573 e. The van der Waals surface area contributed by atoms with Gasteiger partial charge in [-0.2, -0.15) is 13.2 Å². The number of nitrogens with zero attached hydrogens (tertiary/aromatic N) is 2. The fraction of sp³-hybridized carbons (Fsp3) is 0.235. The van der Waals surface area contributed by atoms with Gasteiger partial charge in [0.25, 0.3) is 0 Å². The van der Waals surface area contributed by atoms with Gasteiger partial charge in [0.05, 0.1) is 23.8 Å². The summed E-state index contributed by atoms with van der Waals surface area (Å²) in [6.45, 7) is 1.59. The van der Waals surface area contributed by atoms with E-state index in [0.717, 1.165) is 22.8 Å². The highest BCUT2D eigenvalue weighted by Gasteiger charge is 2.39. The molecule has 3 aromatic rings. The monoisotopic (exact) mass is 390 g/mol. The lowest BCUT2D eigenvalue weighted by Crippen LogP contribution is -2.17. The first-order valence-corrected chi connectivity index (χ1v) is 7.50. The lowest BCUT2D eigenvalue weighted by atomic mass is 10.1. The zero-order valence-electron chi connectivity index (χ0n) is 13.9. The Hall–Kier alpha value is -2.91. The second-order valence-electron chi connectivity index (χ2n) is 5.62. The van der Waals surface area contributed by atoms with Gasteiger partial charge in [0.15, 0.2) is 0 Å². The lowest BCUT2D eigenvalue weighted by molar-refractivity contribution is -0.274. The summed E-state index contributed by atoms with van der Waals surface area (Å²) in [6, 6.07) is 7.30. The van der Waals surface area contributed by atoms with Crippen LogP contribution >= 0.6 is 0 Å². The Morgan fingerprint density at radius 1 is 0.926 bits per heavy atom. The van der Waals surface area contributed by atoms with Gasteiger partial charge in [-0.05, 0) is 42.8 Å². The molecule has 0 saturated heterocycles. The van der Waals surface area contributed by atoms with Crippen LogP contribution in [0.5, 0.6) is 11.5 Å². The molecular weight excluding hydrogens is 378 g/mol. The normalized spacial score (nSPS) is 12.4. The van der Waals surface area contributed by atoms with Gasteiger partial charge in [-0.1, -0.05) is 0 Å². The summed E-state index contributed by atoms with van der Waals surface area (Å²) in [6.07, 6.45) is -9.79. The Balaban J connectivity index is 2.24. The predicted molar refractivity (Wildman–Crippen MR) is 84.0 cm³/mol. The molecule has 0 radical (unpaired) electrons. The van der Waals surface area contributed by atoms with Crippen LogP contribution in [0.25, 0.3) is 16.7 Å². The number of imidazole rings is 1. The van der Waals surface area contributed by atoms with Crippen LogP contribution in [0, 0.1) is 6.92 Å². The van der Waals surface area contributed by atoms with Crippen molar-refractivity contribution < 1.29 is 35.8 Å². The fourth-order valence-electron chi connectivity index (χ4n) is 2.70. The Kier molecular flexibility index (Phi) is 4.44. The van der Waals surface area contributed by atoms with Crippen LogP contribution in [0.2, 0.25) is 0 Å². The molecule has 10 heteroatoms. The summed E-state index contributed by atoms with van der Waals surface area (Å²) >= 11 is 0. The van der Waals surface area contributed by atoms with Crippen molar-refractivity contribution in [3.63, 3.8) is 0 Å². The molecule has 0 amide bonds. The minimum absolute atomic E-state index is 0.00915. The van der Waals surface area contributed by atoms with Crippen molar-refractivity contribution in [2.75, 3.05) is 7.11 Å². The van der Waals surface area contributed by atoms with Gasteiger partial charge < -0.3 is 9.47 Å². The maximum absolute atomic E-state index is 13.5. The molecule has 0 N–H and O–H groups in total. The van der Waals surface area contributed by atoms with Crippen LogP contribution in [0.15, 0.2) is 36.4 Å². The molecule has 0 spiro atoms. The maximum atomic E-state index is 13.5. The number of methoxy groups -OCH3 is 1. The molecule has 0 aliphatic heterocycles. The van der Waals surface area contributed by atoms with E-state index >= 15 is 0 Å². The molecule has 0 saturated carbocycles. The number of alkyl halides is 6. The Bertz CT molecular complexity index is 991. The molecule has 4 nitrogen and oxygen atoms in total. The second kappa shape index (κ2) is 6.36. The van der Waals surface area contributed by atoms with Crippen LogP contribution in [0.4, 0.5) is 26.3 Å². The Morgan fingerprint density at radius 3 is 2.15 bits per heavy atom. The molecule has 0 aliphatic rings. The third-order valence-electron chi connectivity index (χ3n) is 3.76. The van der Waals surface area contributed by atoms with Crippen LogP contribution in [0.1, 0.15) is 11.4 Å². The average Bonchev–Trinajstić information content (AvgIpc) is 2.92. The van der Waals surface area contributed by atoms with E-state index in [2.05, 4.69) is 9.72 Å². The lowest BCUT2D eigenvalue weighted by Gasteiger charge is -2.15. The Morgan fingerprint density at radius 2 is 1.59 bits per heavy atom. The standard InChI is InChI=1S/C17H12F6N2O2/c1-9-7-10(26-2)3-5-13(9)25-14-6-4-11(27-17(21,22)23)8-12(14)24-15(25)16(18,19)20/h3-8H,1-2H3. The quantitative estimate of drug-likeness (QED) is 0.573. The van der Waals surface area contributed by atoms with Gasteiger partial charge in [0.2, 0.25) is 5.82 Å². The molecule has 3 rings (SSSR count). The predicted octanol–water partition coefficient (Wildman–Crippen LogP) is 5.26. The van der Waals surface area contributed by atoms with E-state index in [9.17, 15) is 26.3 Å². The van der Waals surface area contributed by atoms with Crippen LogP contribution in [-0.4, -0.2) is 23.0 Å². The van der Waals surface area contributed by atoms with Gasteiger partial charge in [0, 0.05) is 6.07 Å². The average molecular weight is 390 g/mol. The molecule has 1 heterocycles. The van der Waals surface area contributed by atoms with Crippen molar-refractivity contribution in [2.45, 2.75) is 19.5 Å². The van der Waals surface area contributed by atoms with E-state index in [0.29, 0.717) is 11.3 Å². The third kappa shape index (κ3) is 3.79. The summed E-state index contributed by atoms with van der Waals surface area (Å²) in [5, 5.41) is 0. The highest BCUT2D eigenvalue weighted by molar-refractivity contribution is 5.80. The van der Waals surface area contributed by atoms with Gasteiger partial charge in [-0.25, -0.2) is 4.98 Å². The zero-order chi connectivity index (χ0) is 20.0. The highest BCUT2D eigenvalue weighted by atomic mass is 19.4. The summed E-state index contributed by atoms with van der Waals surface area (Å²) < 4.78 is 87.3. The first-order chi connectivity index (χ1) is 12.5. The van der Waals surface area contributed by atoms with Crippen LogP contribution in [-0.2, 0) is 6.18 Å². The first kappa shape index (κ1) is 18.9. The summed E-state index contributed by atoms with van der Waals surface area (Å²) in [4.78, 5) is 3.49. The number of fused-ring (bicyclic) bond motifs is 1. The summed E-state index contributed by atoms with van der Waals surface area (Å²) in [5.74, 6) is -1.45. The third-order valence-corrected chi connectivity index (χ3v) is 3.76. The highest BCUT2D eigenvalue weighted by Crippen LogP contribution is 2.36. The van der Waals surface area contributed by atoms with Crippen molar-refractivity contribution in [1.29, 1.82) is 0 Å². The summed E-state index contributed by atoms with van der Waals surface area (Å²) in [7, 11) is 1.42. The van der Waals surface area contributed by atoms with Gasteiger partial charge >= 0.3 is 12.5 Å². The fourth-order valence-corrected chi connectivity index (χ4v) is 2.70. The second-order valence-corrected chi connectivity index (χ2v) is 5.62. The van der Waals surface area contributed by atoms with E-state index in [1.54, 1.807) is 13.0 Å². The smallest absolute Gasteiger partial charge is 0.497 e. The van der Waals surface area contributed by atoms with Crippen molar-refractivity contribution in [1.82, 2.24) is 9.55 Å². The molecule has 0 fully saturated rings. The summed E-state index contributed by atoms with van der Waals surface area (Å²) in [5.41, 5.74) is 0.356. The van der Waals surface area contributed by atoms with Crippen molar-refractivity contribution in [3.05, 3.63) is 47.8 Å². The molecule has 0 unspecified atom stereocenters. The van der Waals surface area contributed by atoms with E-state index in [1.165, 1.54) is 19.2 Å². The van der Waals surface area contributed by atoms with E-state index in [4.69, 9.17) is 4.74 Å². The molecular formula is C17H12F6N2O2. The van der Waals surface area contributed by atoms with E-state index < -0.39 is 24.1 Å². The number of rotatable bonds is 3. The molecule has 1 aromatic heterocycles. The first-order valence-electron chi connectivity index (χ1n) is 7.50. The van der Waals surface area contributed by atoms with Crippen molar-refractivity contribution in [2.24, 2.45) is 0 Å². The van der Waals surface area contributed by atoms with E-state index in [-0.39, 0.29) is 16.7 Å². The van der Waals surface area contributed by atoms with Crippen molar-refractivity contribution in [3.8, 4) is 17.2 Å². The molecule has 0 bridgehead atoms. The molecule has 0 atom stereocenters. The van der Waals surface area contributed by atoms with Gasteiger partial charge in [0.1, 0.15) is 11.5 Å². The number of benzene rings is 2.